The van der Waals surface area contributed by atoms with E-state index in [0.717, 1.165) is 30.5 Å². The molecule has 0 atom stereocenters. The number of amides is 1. The first kappa shape index (κ1) is 15.2. The zero-order valence-corrected chi connectivity index (χ0v) is 12.6. The fraction of sp³-hybridized carbons (Fsp3) is 0.438. The van der Waals surface area contributed by atoms with Crippen molar-refractivity contribution in [2.24, 2.45) is 0 Å². The Morgan fingerprint density at radius 2 is 2.10 bits per heavy atom. The summed E-state index contributed by atoms with van der Waals surface area (Å²) in [5, 5.41) is 10.9. The van der Waals surface area contributed by atoms with Gasteiger partial charge in [-0.1, -0.05) is 31.5 Å². The number of benzene rings is 1. The highest BCUT2D eigenvalue weighted by molar-refractivity contribution is 5.75. The molecule has 1 heterocycles. The van der Waals surface area contributed by atoms with Crippen LogP contribution in [0.5, 0.6) is 0 Å². The van der Waals surface area contributed by atoms with E-state index < -0.39 is 0 Å². The summed E-state index contributed by atoms with van der Waals surface area (Å²) in [5.74, 6) is 1.03. The van der Waals surface area contributed by atoms with Crippen molar-refractivity contribution < 1.29 is 9.21 Å². The van der Waals surface area contributed by atoms with Crippen LogP contribution in [0.15, 0.2) is 28.7 Å². The predicted molar refractivity (Wildman–Crippen MR) is 80.7 cm³/mol. The van der Waals surface area contributed by atoms with E-state index in [0.29, 0.717) is 24.6 Å². The van der Waals surface area contributed by atoms with E-state index in [-0.39, 0.29) is 5.91 Å². The number of carbonyl (C=O) groups excluding carboxylic acids is 1. The van der Waals surface area contributed by atoms with Crippen molar-refractivity contribution in [3.63, 3.8) is 0 Å². The van der Waals surface area contributed by atoms with Gasteiger partial charge in [0.15, 0.2) is 0 Å². The van der Waals surface area contributed by atoms with E-state index in [1.165, 1.54) is 0 Å². The number of aromatic nitrogens is 2. The van der Waals surface area contributed by atoms with Crippen molar-refractivity contribution in [3.05, 3.63) is 35.7 Å². The van der Waals surface area contributed by atoms with Crippen molar-refractivity contribution in [3.8, 4) is 11.5 Å². The van der Waals surface area contributed by atoms with Gasteiger partial charge in [0.05, 0.1) is 0 Å². The molecule has 0 aliphatic heterocycles. The van der Waals surface area contributed by atoms with E-state index in [9.17, 15) is 4.79 Å². The van der Waals surface area contributed by atoms with E-state index in [2.05, 4.69) is 22.4 Å². The number of aryl methyl sites for hydroxylation is 2. The monoisotopic (exact) mass is 287 g/mol. The number of rotatable bonds is 7. The second-order valence-electron chi connectivity index (χ2n) is 5.02. The molecule has 0 spiro atoms. The summed E-state index contributed by atoms with van der Waals surface area (Å²) in [5.41, 5.74) is 2.02. The van der Waals surface area contributed by atoms with Crippen LogP contribution in [0, 0.1) is 6.92 Å². The molecule has 5 nitrogen and oxygen atoms in total. The Morgan fingerprint density at radius 1 is 1.29 bits per heavy atom. The third-order valence-corrected chi connectivity index (χ3v) is 3.26. The molecule has 1 aromatic carbocycles. The van der Waals surface area contributed by atoms with Gasteiger partial charge in [0.1, 0.15) is 0 Å². The van der Waals surface area contributed by atoms with E-state index in [1.54, 1.807) is 0 Å². The number of carbonyl (C=O) groups is 1. The first-order valence-electron chi connectivity index (χ1n) is 7.35. The van der Waals surface area contributed by atoms with Crippen LogP contribution < -0.4 is 5.32 Å². The van der Waals surface area contributed by atoms with Gasteiger partial charge in [-0.05, 0) is 25.0 Å². The lowest BCUT2D eigenvalue weighted by Gasteiger charge is -2.02. The zero-order valence-electron chi connectivity index (χ0n) is 12.6. The highest BCUT2D eigenvalue weighted by Crippen LogP contribution is 2.21. The summed E-state index contributed by atoms with van der Waals surface area (Å²) in [6.07, 6.45) is 2.92. The van der Waals surface area contributed by atoms with E-state index in [1.807, 2.05) is 31.2 Å². The number of nitrogens with one attached hydrogen (secondary N) is 1. The lowest BCUT2D eigenvalue weighted by atomic mass is 10.1. The van der Waals surface area contributed by atoms with Crippen LogP contribution in [-0.4, -0.2) is 22.6 Å². The minimum Gasteiger partial charge on any atom is -0.421 e. The number of unbranched alkanes of at least 4 members (excludes halogenated alkanes) is 1. The van der Waals surface area contributed by atoms with Gasteiger partial charge in [-0.3, -0.25) is 4.79 Å². The Hall–Kier alpha value is -2.17. The SMILES string of the molecule is CCCCNC(=O)CCc1nnc(-c2ccccc2C)o1. The van der Waals surface area contributed by atoms with E-state index >= 15 is 0 Å². The van der Waals surface area contributed by atoms with Crippen LogP contribution in [0.2, 0.25) is 0 Å². The van der Waals surface area contributed by atoms with Crippen molar-refractivity contribution >= 4 is 5.91 Å². The number of hydrogen-bond donors (Lipinski definition) is 1. The molecule has 112 valence electrons. The molecule has 0 bridgehead atoms. The summed E-state index contributed by atoms with van der Waals surface area (Å²) < 4.78 is 5.62. The Labute approximate surface area is 124 Å². The molecular formula is C16H21N3O2. The molecule has 21 heavy (non-hydrogen) atoms. The number of hydrogen-bond acceptors (Lipinski definition) is 4. The molecule has 0 fully saturated rings. The largest absolute Gasteiger partial charge is 0.421 e. The minimum absolute atomic E-state index is 0.0269. The third-order valence-electron chi connectivity index (χ3n) is 3.26. The molecule has 1 aromatic heterocycles. The zero-order chi connectivity index (χ0) is 15.1. The van der Waals surface area contributed by atoms with Gasteiger partial charge >= 0.3 is 0 Å². The summed E-state index contributed by atoms with van der Waals surface area (Å²) in [7, 11) is 0. The fourth-order valence-electron chi connectivity index (χ4n) is 1.99. The predicted octanol–water partition coefficient (Wildman–Crippen LogP) is 2.89. The van der Waals surface area contributed by atoms with Crippen LogP contribution in [0.4, 0.5) is 0 Å². The van der Waals surface area contributed by atoms with Gasteiger partial charge in [0.2, 0.25) is 17.7 Å². The highest BCUT2D eigenvalue weighted by Gasteiger charge is 2.11. The maximum absolute atomic E-state index is 11.6. The Kier molecular flexibility index (Phi) is 5.49. The molecule has 0 saturated heterocycles. The number of nitrogens with zero attached hydrogens (tertiary/aromatic N) is 2. The third kappa shape index (κ3) is 4.41. The van der Waals surface area contributed by atoms with Crippen LogP contribution in [0.1, 0.15) is 37.6 Å². The van der Waals surface area contributed by atoms with Crippen molar-refractivity contribution in [2.75, 3.05) is 6.54 Å². The lowest BCUT2D eigenvalue weighted by Crippen LogP contribution is -2.24. The fourth-order valence-corrected chi connectivity index (χ4v) is 1.99. The molecule has 0 unspecified atom stereocenters. The second kappa shape index (κ2) is 7.57. The molecule has 0 saturated carbocycles. The normalized spacial score (nSPS) is 10.6. The van der Waals surface area contributed by atoms with Crippen LogP contribution in [-0.2, 0) is 11.2 Å². The standard InChI is InChI=1S/C16H21N3O2/c1-3-4-11-17-14(20)9-10-15-18-19-16(21-15)13-8-6-5-7-12(13)2/h5-8H,3-4,9-11H2,1-2H3,(H,17,20). The molecule has 0 aliphatic rings. The summed E-state index contributed by atoms with van der Waals surface area (Å²) in [6, 6.07) is 7.86. The Morgan fingerprint density at radius 3 is 2.86 bits per heavy atom. The molecular weight excluding hydrogens is 266 g/mol. The smallest absolute Gasteiger partial charge is 0.247 e. The van der Waals surface area contributed by atoms with Gasteiger partial charge in [-0.2, -0.15) is 0 Å². The molecule has 2 rings (SSSR count). The average Bonchev–Trinajstić information content (AvgIpc) is 2.94. The quantitative estimate of drug-likeness (QED) is 0.795. The summed E-state index contributed by atoms with van der Waals surface area (Å²) in [4.78, 5) is 11.6. The first-order valence-corrected chi connectivity index (χ1v) is 7.35. The summed E-state index contributed by atoms with van der Waals surface area (Å²) in [6.45, 7) is 4.83. The Bertz CT molecular complexity index is 593. The van der Waals surface area contributed by atoms with Crippen molar-refractivity contribution in [1.29, 1.82) is 0 Å². The Balaban J connectivity index is 1.89. The van der Waals surface area contributed by atoms with E-state index in [4.69, 9.17) is 4.42 Å². The minimum atomic E-state index is 0.0269. The highest BCUT2D eigenvalue weighted by atomic mass is 16.4. The first-order chi connectivity index (χ1) is 10.2. The summed E-state index contributed by atoms with van der Waals surface area (Å²) >= 11 is 0. The van der Waals surface area contributed by atoms with Gasteiger partial charge in [-0.25, -0.2) is 0 Å². The van der Waals surface area contributed by atoms with Crippen molar-refractivity contribution in [2.45, 2.75) is 39.5 Å². The molecule has 0 aliphatic carbocycles. The second-order valence-corrected chi connectivity index (χ2v) is 5.02. The van der Waals surface area contributed by atoms with Crippen LogP contribution in [0.25, 0.3) is 11.5 Å². The molecule has 1 amide bonds. The maximum atomic E-state index is 11.6. The average molecular weight is 287 g/mol. The molecule has 2 aromatic rings. The topological polar surface area (TPSA) is 68.0 Å². The molecule has 1 N–H and O–H groups in total. The van der Waals surface area contributed by atoms with Crippen LogP contribution in [0.3, 0.4) is 0 Å². The van der Waals surface area contributed by atoms with Gasteiger partial charge in [0.25, 0.3) is 0 Å². The van der Waals surface area contributed by atoms with Crippen LogP contribution >= 0.6 is 0 Å². The van der Waals surface area contributed by atoms with Gasteiger partial charge < -0.3 is 9.73 Å². The maximum Gasteiger partial charge on any atom is 0.247 e. The van der Waals surface area contributed by atoms with Gasteiger partial charge in [0, 0.05) is 24.9 Å². The molecule has 5 heteroatoms. The van der Waals surface area contributed by atoms with Gasteiger partial charge in [-0.15, -0.1) is 10.2 Å². The van der Waals surface area contributed by atoms with Crippen molar-refractivity contribution in [1.82, 2.24) is 15.5 Å². The lowest BCUT2D eigenvalue weighted by molar-refractivity contribution is -0.121. The molecule has 0 radical (unpaired) electrons.